The highest BCUT2D eigenvalue weighted by Gasteiger charge is 2.23. The first-order valence-corrected chi connectivity index (χ1v) is 11.8. The minimum absolute atomic E-state index is 0.0346. The molecule has 0 spiro atoms. The van der Waals surface area contributed by atoms with Crippen LogP contribution in [0, 0.1) is 0 Å². The summed E-state index contributed by atoms with van der Waals surface area (Å²) < 4.78 is 0.776. The van der Waals surface area contributed by atoms with Crippen molar-refractivity contribution in [2.75, 3.05) is 11.1 Å². The number of hydrogen-bond donors (Lipinski definition) is 2. The third-order valence-corrected chi connectivity index (χ3v) is 6.77. The first kappa shape index (κ1) is 20.6. The van der Waals surface area contributed by atoms with Gasteiger partial charge in [-0.15, -0.1) is 0 Å². The maximum atomic E-state index is 12.6. The predicted octanol–water partition coefficient (Wildman–Crippen LogP) is 4.75. The van der Waals surface area contributed by atoms with E-state index < -0.39 is 0 Å². The molecular weight excluding hydrogens is 414 g/mol. The summed E-state index contributed by atoms with van der Waals surface area (Å²) in [5.74, 6) is 0.328. The largest absolute Gasteiger partial charge is 0.353 e. The second-order valence-corrected chi connectivity index (χ2v) is 9.41. The zero-order valence-corrected chi connectivity index (χ0v) is 18.1. The van der Waals surface area contributed by atoms with E-state index in [1.165, 1.54) is 23.1 Å². The number of nitrogens with zero attached hydrogens (tertiary/aromatic N) is 1. The predicted molar refractivity (Wildman–Crippen MR) is 123 cm³/mol. The first-order valence-electron chi connectivity index (χ1n) is 9.99. The fraction of sp³-hybridized carbons (Fsp3) is 0.261. The maximum Gasteiger partial charge on any atom is 0.230 e. The smallest absolute Gasteiger partial charge is 0.230 e. The molecule has 0 unspecified atom stereocenters. The van der Waals surface area contributed by atoms with E-state index in [1.54, 1.807) is 0 Å². The Morgan fingerprint density at radius 2 is 1.70 bits per heavy atom. The summed E-state index contributed by atoms with van der Waals surface area (Å²) in [6.07, 6.45) is 3.24. The second-order valence-electron chi connectivity index (χ2n) is 7.19. The molecule has 154 valence electrons. The lowest BCUT2D eigenvalue weighted by Crippen LogP contribution is -2.26. The van der Waals surface area contributed by atoms with Crippen molar-refractivity contribution in [3.63, 3.8) is 0 Å². The summed E-state index contributed by atoms with van der Waals surface area (Å²) in [4.78, 5) is 29.3. The molecule has 30 heavy (non-hydrogen) atoms. The van der Waals surface area contributed by atoms with Crippen LogP contribution in [-0.4, -0.2) is 28.6 Å². The Labute approximate surface area is 184 Å². The average molecular weight is 438 g/mol. The van der Waals surface area contributed by atoms with Crippen LogP contribution in [0.4, 0.5) is 5.00 Å². The summed E-state index contributed by atoms with van der Waals surface area (Å²) in [5, 5.41) is 6.75. The number of anilines is 1. The van der Waals surface area contributed by atoms with Gasteiger partial charge in [0.25, 0.3) is 0 Å². The van der Waals surface area contributed by atoms with Crippen molar-refractivity contribution < 1.29 is 9.59 Å². The SMILES string of the molecule is O=C(CCc1ccccc1)Nc1sc(SCC(=O)NC2CC2)nc1-c1ccccc1. The summed E-state index contributed by atoms with van der Waals surface area (Å²) in [6, 6.07) is 20.1. The lowest BCUT2D eigenvalue weighted by molar-refractivity contribution is -0.118. The number of benzene rings is 2. The lowest BCUT2D eigenvalue weighted by Gasteiger charge is -2.05. The van der Waals surface area contributed by atoms with Crippen LogP contribution in [0.15, 0.2) is 65.0 Å². The van der Waals surface area contributed by atoms with Crippen LogP contribution >= 0.6 is 23.1 Å². The van der Waals surface area contributed by atoms with E-state index in [4.69, 9.17) is 4.98 Å². The molecule has 7 heteroatoms. The van der Waals surface area contributed by atoms with Crippen molar-refractivity contribution in [3.8, 4) is 11.3 Å². The highest BCUT2D eigenvalue weighted by atomic mass is 32.2. The zero-order valence-electron chi connectivity index (χ0n) is 16.5. The number of nitrogens with one attached hydrogen (secondary N) is 2. The number of thiazole rings is 1. The van der Waals surface area contributed by atoms with Crippen LogP contribution in [0.1, 0.15) is 24.8 Å². The monoisotopic (exact) mass is 437 g/mol. The van der Waals surface area contributed by atoms with E-state index in [0.29, 0.717) is 24.6 Å². The Morgan fingerprint density at radius 1 is 1.00 bits per heavy atom. The van der Waals surface area contributed by atoms with Crippen LogP contribution in [-0.2, 0) is 16.0 Å². The first-order chi connectivity index (χ1) is 14.7. The molecule has 4 rings (SSSR count). The molecule has 1 heterocycles. The van der Waals surface area contributed by atoms with Gasteiger partial charge in [-0.05, 0) is 24.8 Å². The second kappa shape index (κ2) is 9.91. The van der Waals surface area contributed by atoms with Crippen molar-refractivity contribution in [1.82, 2.24) is 10.3 Å². The van der Waals surface area contributed by atoms with E-state index in [1.807, 2.05) is 60.7 Å². The summed E-state index contributed by atoms with van der Waals surface area (Å²) in [7, 11) is 0. The standard InChI is InChI=1S/C23H23N3O2S2/c27-19(14-11-16-7-3-1-4-8-16)25-22-21(17-9-5-2-6-10-17)26-23(30-22)29-15-20(28)24-18-12-13-18/h1-10,18H,11-15H2,(H,24,28)(H,25,27). The van der Waals surface area contributed by atoms with Gasteiger partial charge in [-0.3, -0.25) is 9.59 Å². The molecule has 2 amide bonds. The zero-order chi connectivity index (χ0) is 20.8. The Balaban J connectivity index is 1.43. The Hall–Kier alpha value is -2.64. The number of thioether (sulfide) groups is 1. The van der Waals surface area contributed by atoms with E-state index in [2.05, 4.69) is 10.6 Å². The van der Waals surface area contributed by atoms with Gasteiger partial charge in [0.2, 0.25) is 11.8 Å². The number of aryl methyl sites for hydroxylation is 1. The van der Waals surface area contributed by atoms with Crippen LogP contribution in [0.3, 0.4) is 0 Å². The highest BCUT2D eigenvalue weighted by molar-refractivity contribution is 8.01. The van der Waals surface area contributed by atoms with Gasteiger partial charge in [0, 0.05) is 18.0 Å². The minimum atomic E-state index is -0.0392. The molecule has 0 aliphatic heterocycles. The number of amides is 2. The van der Waals surface area contributed by atoms with Gasteiger partial charge in [-0.2, -0.15) is 0 Å². The topological polar surface area (TPSA) is 71.1 Å². The van der Waals surface area contributed by atoms with Crippen LogP contribution in [0.25, 0.3) is 11.3 Å². The number of aromatic nitrogens is 1. The normalized spacial score (nSPS) is 13.1. The average Bonchev–Trinajstić information content (AvgIpc) is 3.50. The van der Waals surface area contributed by atoms with Crippen molar-refractivity contribution in [2.45, 2.75) is 36.1 Å². The van der Waals surface area contributed by atoms with Crippen molar-refractivity contribution in [3.05, 3.63) is 66.2 Å². The van der Waals surface area contributed by atoms with Crippen molar-refractivity contribution >= 4 is 39.9 Å². The fourth-order valence-corrected chi connectivity index (χ4v) is 4.85. The van der Waals surface area contributed by atoms with E-state index in [9.17, 15) is 9.59 Å². The van der Waals surface area contributed by atoms with Gasteiger partial charge in [0.15, 0.2) is 4.34 Å². The van der Waals surface area contributed by atoms with Gasteiger partial charge >= 0.3 is 0 Å². The minimum Gasteiger partial charge on any atom is -0.353 e. The highest BCUT2D eigenvalue weighted by Crippen LogP contribution is 2.37. The molecule has 2 aromatic carbocycles. The van der Waals surface area contributed by atoms with E-state index >= 15 is 0 Å². The van der Waals surface area contributed by atoms with Gasteiger partial charge in [0.05, 0.1) is 5.75 Å². The lowest BCUT2D eigenvalue weighted by atomic mass is 10.1. The van der Waals surface area contributed by atoms with Crippen LogP contribution < -0.4 is 10.6 Å². The Morgan fingerprint density at radius 3 is 2.40 bits per heavy atom. The number of hydrogen-bond acceptors (Lipinski definition) is 5. The molecular formula is C23H23N3O2S2. The molecule has 0 atom stereocenters. The number of rotatable bonds is 9. The quantitative estimate of drug-likeness (QED) is 0.474. The summed E-state index contributed by atoms with van der Waals surface area (Å²) in [6.45, 7) is 0. The Bertz CT molecular complexity index is 1000. The molecule has 0 bridgehead atoms. The molecule has 1 aliphatic carbocycles. The molecule has 1 aromatic heterocycles. The molecule has 1 aliphatic rings. The summed E-state index contributed by atoms with van der Waals surface area (Å²) in [5.41, 5.74) is 2.83. The fourth-order valence-electron chi connectivity index (χ4n) is 2.95. The number of carbonyl (C=O) groups is 2. The van der Waals surface area contributed by atoms with E-state index in [0.717, 1.165) is 39.0 Å². The third kappa shape index (κ3) is 5.93. The molecule has 3 aromatic rings. The van der Waals surface area contributed by atoms with Gasteiger partial charge in [0.1, 0.15) is 10.7 Å². The molecule has 1 saturated carbocycles. The molecule has 2 N–H and O–H groups in total. The van der Waals surface area contributed by atoms with Gasteiger partial charge in [-0.25, -0.2) is 4.98 Å². The van der Waals surface area contributed by atoms with Crippen LogP contribution in [0.5, 0.6) is 0 Å². The maximum absolute atomic E-state index is 12.6. The van der Waals surface area contributed by atoms with Crippen molar-refractivity contribution in [1.29, 1.82) is 0 Å². The van der Waals surface area contributed by atoms with E-state index in [-0.39, 0.29) is 11.8 Å². The molecule has 1 fully saturated rings. The third-order valence-electron chi connectivity index (χ3n) is 4.66. The Kier molecular flexibility index (Phi) is 6.81. The van der Waals surface area contributed by atoms with Gasteiger partial charge < -0.3 is 10.6 Å². The van der Waals surface area contributed by atoms with Crippen molar-refractivity contribution in [2.24, 2.45) is 0 Å². The molecule has 0 radical (unpaired) electrons. The van der Waals surface area contributed by atoms with Gasteiger partial charge in [-0.1, -0.05) is 83.8 Å². The molecule has 0 saturated heterocycles. The summed E-state index contributed by atoms with van der Waals surface area (Å²) >= 11 is 2.83. The number of carbonyl (C=O) groups excluding carboxylic acids is 2. The van der Waals surface area contributed by atoms with Crippen LogP contribution in [0.2, 0.25) is 0 Å². The molecule has 5 nitrogen and oxygen atoms in total.